The van der Waals surface area contributed by atoms with Crippen LogP contribution < -0.4 is 9.47 Å². The molecule has 4 rings (SSSR count). The van der Waals surface area contributed by atoms with Crippen LogP contribution in [0.15, 0.2) is 18.2 Å². The van der Waals surface area contributed by atoms with Crippen molar-refractivity contribution in [2.45, 2.75) is 32.2 Å². The van der Waals surface area contributed by atoms with Gasteiger partial charge in [-0.15, -0.1) is 27.2 Å². The minimum absolute atomic E-state index is 0. The first-order valence-electron chi connectivity index (χ1n) is 7.79. The van der Waals surface area contributed by atoms with Gasteiger partial charge in [0, 0.05) is 13.0 Å². The molecular formula is C17H17BrN4O2. The predicted octanol–water partition coefficient (Wildman–Crippen LogP) is 3.38. The average Bonchev–Trinajstić information content (AvgIpc) is 3.13. The number of nitrogens with zero attached hydrogens (tertiary/aromatic N) is 4. The van der Waals surface area contributed by atoms with E-state index in [1.807, 2.05) is 24.3 Å². The van der Waals surface area contributed by atoms with E-state index in [9.17, 15) is 5.26 Å². The molecule has 2 aliphatic rings. The number of benzene rings is 1. The van der Waals surface area contributed by atoms with E-state index in [0.717, 1.165) is 42.9 Å². The number of aryl methyl sites for hydroxylation is 1. The van der Waals surface area contributed by atoms with E-state index in [1.165, 1.54) is 6.42 Å². The molecule has 0 unspecified atom stereocenters. The van der Waals surface area contributed by atoms with Gasteiger partial charge in [0.15, 0.2) is 17.3 Å². The second-order valence-corrected chi connectivity index (χ2v) is 5.68. The maximum Gasteiger partial charge on any atom is 0.231 e. The van der Waals surface area contributed by atoms with Crippen LogP contribution in [0.4, 0.5) is 0 Å². The number of fused-ring (bicyclic) bond motifs is 2. The molecule has 7 heteroatoms. The molecule has 0 saturated carbocycles. The Morgan fingerprint density at radius 2 is 2.04 bits per heavy atom. The Morgan fingerprint density at radius 3 is 2.92 bits per heavy atom. The Kier molecular flexibility index (Phi) is 4.86. The largest absolute Gasteiger partial charge is 0.454 e. The van der Waals surface area contributed by atoms with Crippen LogP contribution >= 0.6 is 17.0 Å². The van der Waals surface area contributed by atoms with E-state index in [4.69, 9.17) is 9.47 Å². The topological polar surface area (TPSA) is 73.0 Å². The molecule has 24 heavy (non-hydrogen) atoms. The van der Waals surface area contributed by atoms with Crippen molar-refractivity contribution in [3.05, 3.63) is 35.4 Å². The van der Waals surface area contributed by atoms with E-state index in [2.05, 4.69) is 20.8 Å². The summed E-state index contributed by atoms with van der Waals surface area (Å²) < 4.78 is 12.8. The summed E-state index contributed by atoms with van der Waals surface area (Å²) in [5, 5.41) is 18.1. The SMILES string of the molecule is Br.N#CC(=Cc1ccc2c(c1)OCO2)c1nnc2n1CCCCC2. The summed E-state index contributed by atoms with van der Waals surface area (Å²) in [6, 6.07) is 7.89. The van der Waals surface area contributed by atoms with Crippen LogP contribution in [0.2, 0.25) is 0 Å². The summed E-state index contributed by atoms with van der Waals surface area (Å²) in [7, 11) is 0. The van der Waals surface area contributed by atoms with E-state index in [-0.39, 0.29) is 23.8 Å². The van der Waals surface area contributed by atoms with Gasteiger partial charge in [0.25, 0.3) is 0 Å². The van der Waals surface area contributed by atoms with Crippen LogP contribution in [-0.4, -0.2) is 21.6 Å². The van der Waals surface area contributed by atoms with Gasteiger partial charge in [-0.25, -0.2) is 0 Å². The molecule has 0 saturated heterocycles. The fourth-order valence-electron chi connectivity index (χ4n) is 3.00. The maximum absolute atomic E-state index is 9.57. The first-order valence-corrected chi connectivity index (χ1v) is 7.79. The minimum atomic E-state index is 0. The van der Waals surface area contributed by atoms with Crippen LogP contribution in [0.25, 0.3) is 11.6 Å². The van der Waals surface area contributed by atoms with Crippen LogP contribution in [0.3, 0.4) is 0 Å². The number of allylic oxidation sites excluding steroid dienone is 1. The van der Waals surface area contributed by atoms with Crippen molar-refractivity contribution >= 4 is 28.6 Å². The number of ether oxygens (including phenoxy) is 2. The number of aromatic nitrogens is 3. The Balaban J connectivity index is 0.00000169. The standard InChI is InChI=1S/C17H16N4O2.BrH/c18-10-13(8-12-5-6-14-15(9-12)23-11-22-14)17-20-19-16-4-2-1-3-7-21(16)17;/h5-6,8-9H,1-4,7,11H2;1H. The fourth-order valence-corrected chi connectivity index (χ4v) is 3.00. The number of hydrogen-bond acceptors (Lipinski definition) is 5. The second kappa shape index (κ2) is 7.05. The maximum atomic E-state index is 9.57. The highest BCUT2D eigenvalue weighted by Crippen LogP contribution is 2.33. The van der Waals surface area contributed by atoms with Crippen LogP contribution in [0.1, 0.15) is 36.5 Å². The zero-order valence-electron chi connectivity index (χ0n) is 13.1. The van der Waals surface area contributed by atoms with Crippen molar-refractivity contribution in [3.63, 3.8) is 0 Å². The van der Waals surface area contributed by atoms with Crippen molar-refractivity contribution < 1.29 is 9.47 Å². The molecular weight excluding hydrogens is 372 g/mol. The Bertz CT molecular complexity index is 822. The summed E-state index contributed by atoms with van der Waals surface area (Å²) >= 11 is 0. The molecule has 2 aromatic rings. The van der Waals surface area contributed by atoms with Crippen molar-refractivity contribution in [2.24, 2.45) is 0 Å². The van der Waals surface area contributed by atoms with Gasteiger partial charge in [0.2, 0.25) is 6.79 Å². The third-order valence-electron chi connectivity index (χ3n) is 4.18. The third kappa shape index (κ3) is 3.02. The molecule has 124 valence electrons. The van der Waals surface area contributed by atoms with Gasteiger partial charge in [-0.1, -0.05) is 12.5 Å². The zero-order valence-corrected chi connectivity index (χ0v) is 14.8. The van der Waals surface area contributed by atoms with Gasteiger partial charge in [-0.2, -0.15) is 5.26 Å². The molecule has 0 amide bonds. The molecule has 3 heterocycles. The molecule has 0 bridgehead atoms. The average molecular weight is 389 g/mol. The lowest BCUT2D eigenvalue weighted by Gasteiger charge is -2.06. The molecule has 0 atom stereocenters. The molecule has 2 aliphatic heterocycles. The molecule has 0 aliphatic carbocycles. The Morgan fingerprint density at radius 1 is 1.17 bits per heavy atom. The number of halogens is 1. The van der Waals surface area contributed by atoms with E-state index >= 15 is 0 Å². The van der Waals surface area contributed by atoms with Gasteiger partial charge in [-0.3, -0.25) is 0 Å². The van der Waals surface area contributed by atoms with Crippen molar-refractivity contribution in [1.82, 2.24) is 14.8 Å². The van der Waals surface area contributed by atoms with Crippen LogP contribution in [0.5, 0.6) is 11.5 Å². The van der Waals surface area contributed by atoms with Gasteiger partial charge < -0.3 is 14.0 Å². The van der Waals surface area contributed by atoms with E-state index in [1.54, 1.807) is 0 Å². The first-order chi connectivity index (χ1) is 11.3. The number of nitriles is 1. The zero-order chi connectivity index (χ0) is 15.6. The molecule has 1 aromatic carbocycles. The molecule has 0 N–H and O–H groups in total. The van der Waals surface area contributed by atoms with Crippen molar-refractivity contribution in [3.8, 4) is 17.6 Å². The van der Waals surface area contributed by atoms with Crippen LogP contribution in [-0.2, 0) is 13.0 Å². The summed E-state index contributed by atoms with van der Waals surface area (Å²) in [6.07, 6.45) is 6.17. The number of rotatable bonds is 2. The summed E-state index contributed by atoms with van der Waals surface area (Å²) in [5.74, 6) is 3.07. The van der Waals surface area contributed by atoms with Gasteiger partial charge in [0.1, 0.15) is 11.9 Å². The lowest BCUT2D eigenvalue weighted by Crippen LogP contribution is -2.05. The summed E-state index contributed by atoms with van der Waals surface area (Å²) in [5.41, 5.74) is 1.40. The Labute approximate surface area is 150 Å². The molecule has 6 nitrogen and oxygen atoms in total. The normalized spacial score (nSPS) is 15.9. The lowest BCUT2D eigenvalue weighted by atomic mass is 10.1. The first kappa shape index (κ1) is 16.5. The summed E-state index contributed by atoms with van der Waals surface area (Å²) in [6.45, 7) is 1.11. The van der Waals surface area contributed by atoms with Gasteiger partial charge >= 0.3 is 0 Å². The molecule has 0 fully saturated rings. The highest BCUT2D eigenvalue weighted by Gasteiger charge is 2.18. The van der Waals surface area contributed by atoms with Gasteiger partial charge in [0.05, 0.1) is 5.57 Å². The van der Waals surface area contributed by atoms with E-state index < -0.39 is 0 Å². The van der Waals surface area contributed by atoms with Crippen molar-refractivity contribution in [1.29, 1.82) is 5.26 Å². The monoisotopic (exact) mass is 388 g/mol. The number of hydrogen-bond donors (Lipinski definition) is 0. The quantitative estimate of drug-likeness (QED) is 0.737. The highest BCUT2D eigenvalue weighted by molar-refractivity contribution is 8.93. The summed E-state index contributed by atoms with van der Waals surface area (Å²) in [4.78, 5) is 0. The Hall–Kier alpha value is -2.33. The lowest BCUT2D eigenvalue weighted by molar-refractivity contribution is 0.174. The molecule has 0 spiro atoms. The second-order valence-electron chi connectivity index (χ2n) is 5.68. The molecule has 0 radical (unpaired) electrons. The minimum Gasteiger partial charge on any atom is -0.454 e. The molecule has 1 aromatic heterocycles. The fraction of sp³-hybridized carbons (Fsp3) is 0.353. The van der Waals surface area contributed by atoms with Crippen molar-refractivity contribution in [2.75, 3.05) is 6.79 Å². The smallest absolute Gasteiger partial charge is 0.231 e. The third-order valence-corrected chi connectivity index (χ3v) is 4.18. The predicted molar refractivity (Wildman–Crippen MR) is 93.9 cm³/mol. The van der Waals surface area contributed by atoms with Gasteiger partial charge in [-0.05, 0) is 36.6 Å². The highest BCUT2D eigenvalue weighted by atomic mass is 79.9. The van der Waals surface area contributed by atoms with E-state index in [0.29, 0.717) is 17.1 Å². The van der Waals surface area contributed by atoms with Crippen LogP contribution in [0, 0.1) is 11.3 Å².